The van der Waals surface area contributed by atoms with Gasteiger partial charge in [0, 0.05) is 6.54 Å². The van der Waals surface area contributed by atoms with E-state index in [1.165, 1.54) is 7.05 Å². The Bertz CT molecular complexity index is 187. The second kappa shape index (κ2) is 8.39. The minimum atomic E-state index is -3.88. The van der Waals surface area contributed by atoms with Gasteiger partial charge in [-0.1, -0.05) is 6.92 Å². The van der Waals surface area contributed by atoms with Crippen LogP contribution in [-0.2, 0) is 10.1 Å². The summed E-state index contributed by atoms with van der Waals surface area (Å²) in [6.07, 6.45) is 0.370. The minimum Gasteiger partial charge on any atom is -0.395 e. The molecule has 0 heterocycles. The van der Waals surface area contributed by atoms with Crippen molar-refractivity contribution in [2.24, 2.45) is 5.73 Å². The Morgan fingerprint density at radius 2 is 1.92 bits per heavy atom. The molecule has 0 fully saturated rings. The highest BCUT2D eigenvalue weighted by molar-refractivity contribution is 7.86. The lowest BCUT2D eigenvalue weighted by Gasteiger charge is -2.07. The molecular weight excluding hydrogens is 196 g/mol. The van der Waals surface area contributed by atoms with Crippen LogP contribution in [0.1, 0.15) is 13.3 Å². The van der Waals surface area contributed by atoms with Gasteiger partial charge in [0.1, 0.15) is 5.37 Å². The third-order valence-electron chi connectivity index (χ3n) is 1.18. The number of rotatable bonds is 4. The van der Waals surface area contributed by atoms with E-state index in [0.29, 0.717) is 13.0 Å². The van der Waals surface area contributed by atoms with E-state index in [1.807, 2.05) is 0 Å². The van der Waals surface area contributed by atoms with Crippen LogP contribution in [0.4, 0.5) is 0 Å². The van der Waals surface area contributed by atoms with E-state index < -0.39 is 15.5 Å². The summed E-state index contributed by atoms with van der Waals surface area (Å²) in [4.78, 5) is 0. The average molecular weight is 214 g/mol. The van der Waals surface area contributed by atoms with Crippen molar-refractivity contribution in [3.05, 3.63) is 0 Å². The molecule has 0 saturated heterocycles. The van der Waals surface area contributed by atoms with Gasteiger partial charge in [-0.25, -0.2) is 0 Å². The van der Waals surface area contributed by atoms with Crippen molar-refractivity contribution in [3.63, 3.8) is 0 Å². The lowest BCUT2D eigenvalue weighted by Crippen LogP contribution is -2.32. The van der Waals surface area contributed by atoms with Gasteiger partial charge in [-0.15, -0.1) is 0 Å². The van der Waals surface area contributed by atoms with E-state index in [0.717, 1.165) is 0 Å². The van der Waals surface area contributed by atoms with Gasteiger partial charge in [0.15, 0.2) is 0 Å². The van der Waals surface area contributed by atoms with Crippen molar-refractivity contribution in [1.82, 2.24) is 5.32 Å². The van der Waals surface area contributed by atoms with E-state index >= 15 is 0 Å². The number of aliphatic hydroxyl groups excluding tert-OH is 1. The Kier molecular flexibility index (Phi) is 9.86. The molecule has 0 spiro atoms. The molecule has 0 radical (unpaired) electrons. The first-order valence-corrected chi connectivity index (χ1v) is 5.38. The molecule has 0 rings (SSSR count). The number of nitrogens with one attached hydrogen (secondary N) is 1. The Labute approximate surface area is 78.9 Å². The molecule has 7 heteroatoms. The lowest BCUT2D eigenvalue weighted by molar-refractivity contribution is 0.306. The van der Waals surface area contributed by atoms with E-state index in [1.54, 1.807) is 6.92 Å². The minimum absolute atomic E-state index is 0.0972. The molecule has 0 aliphatic heterocycles. The second-order valence-electron chi connectivity index (χ2n) is 2.21. The van der Waals surface area contributed by atoms with Crippen LogP contribution in [0.15, 0.2) is 0 Å². The first-order chi connectivity index (χ1) is 5.93. The van der Waals surface area contributed by atoms with Crippen molar-refractivity contribution >= 4 is 10.1 Å². The van der Waals surface area contributed by atoms with Crippen LogP contribution in [0.2, 0.25) is 0 Å². The van der Waals surface area contributed by atoms with Crippen LogP contribution >= 0.6 is 0 Å². The number of hydrogen-bond acceptors (Lipinski definition) is 5. The van der Waals surface area contributed by atoms with Gasteiger partial charge in [-0.05, 0) is 13.5 Å². The van der Waals surface area contributed by atoms with Crippen molar-refractivity contribution in [2.75, 3.05) is 20.2 Å². The molecule has 0 bridgehead atoms. The van der Waals surface area contributed by atoms with Crippen LogP contribution in [0, 0.1) is 0 Å². The topological polar surface area (TPSA) is 113 Å². The molecule has 0 aliphatic carbocycles. The number of hydrogen-bond donors (Lipinski definition) is 4. The second-order valence-corrected chi connectivity index (χ2v) is 3.81. The molecule has 0 aromatic carbocycles. The van der Waals surface area contributed by atoms with E-state index in [-0.39, 0.29) is 6.61 Å². The van der Waals surface area contributed by atoms with Crippen molar-refractivity contribution in [3.8, 4) is 0 Å². The Hall–Kier alpha value is -0.210. The molecule has 0 saturated carbocycles. The summed E-state index contributed by atoms with van der Waals surface area (Å²) in [5.74, 6) is 0. The highest BCUT2D eigenvalue weighted by atomic mass is 32.2. The van der Waals surface area contributed by atoms with Crippen molar-refractivity contribution in [2.45, 2.75) is 18.7 Å². The maximum atomic E-state index is 10.3. The van der Waals surface area contributed by atoms with Crippen LogP contribution in [-0.4, -0.2) is 43.7 Å². The largest absolute Gasteiger partial charge is 0.395 e. The quantitative estimate of drug-likeness (QED) is 0.436. The molecule has 1 unspecified atom stereocenters. The summed E-state index contributed by atoms with van der Waals surface area (Å²) in [5, 5.41) is 9.38. The van der Waals surface area contributed by atoms with Crippen molar-refractivity contribution in [1.29, 1.82) is 0 Å². The summed E-state index contributed by atoms with van der Waals surface area (Å²) < 4.78 is 29.0. The molecule has 0 amide bonds. The Balaban J connectivity index is 0. The number of aliphatic hydroxyl groups is 1. The van der Waals surface area contributed by atoms with E-state index in [2.05, 4.69) is 5.32 Å². The maximum absolute atomic E-state index is 10.3. The summed E-state index contributed by atoms with van der Waals surface area (Å²) in [5.41, 5.74) is 4.78. The first kappa shape index (κ1) is 15.3. The fourth-order valence-electron chi connectivity index (χ4n) is 0.564. The SMILES string of the molecule is CCC(NC)S(=O)(=O)O.NCCO. The van der Waals surface area contributed by atoms with Crippen LogP contribution in [0.25, 0.3) is 0 Å². The van der Waals surface area contributed by atoms with Gasteiger partial charge >= 0.3 is 0 Å². The highest BCUT2D eigenvalue weighted by Gasteiger charge is 2.17. The molecule has 6 nitrogen and oxygen atoms in total. The summed E-state index contributed by atoms with van der Waals surface area (Å²) >= 11 is 0. The summed E-state index contributed by atoms with van der Waals surface area (Å²) in [7, 11) is -2.39. The Morgan fingerprint density at radius 1 is 1.54 bits per heavy atom. The summed E-state index contributed by atoms with van der Waals surface area (Å²) in [6.45, 7) is 2.15. The molecular formula is C6H18N2O4S. The van der Waals surface area contributed by atoms with Gasteiger partial charge in [0.2, 0.25) is 0 Å². The average Bonchev–Trinajstić information content (AvgIpc) is 2.05. The molecule has 5 N–H and O–H groups in total. The highest BCUT2D eigenvalue weighted by Crippen LogP contribution is 1.96. The smallest absolute Gasteiger partial charge is 0.281 e. The molecule has 0 aromatic rings. The summed E-state index contributed by atoms with van der Waals surface area (Å²) in [6, 6.07) is 0. The van der Waals surface area contributed by atoms with Gasteiger partial charge in [0.25, 0.3) is 10.1 Å². The normalized spacial score (nSPS) is 13.0. The fourth-order valence-corrected chi connectivity index (χ4v) is 1.28. The maximum Gasteiger partial charge on any atom is 0.281 e. The third kappa shape index (κ3) is 9.71. The van der Waals surface area contributed by atoms with Gasteiger partial charge in [0.05, 0.1) is 6.61 Å². The molecule has 13 heavy (non-hydrogen) atoms. The monoisotopic (exact) mass is 214 g/mol. The molecule has 1 atom stereocenters. The van der Waals surface area contributed by atoms with E-state index in [9.17, 15) is 8.42 Å². The third-order valence-corrected chi connectivity index (χ3v) is 2.47. The van der Waals surface area contributed by atoms with Gasteiger partial charge in [-0.3, -0.25) is 4.55 Å². The standard InChI is InChI=1S/C4H11NO3S.C2H7NO/c1-3-4(5-2)9(6,7)8;3-1-2-4/h4-5H,3H2,1-2H3,(H,6,7,8);4H,1-3H2. The van der Waals surface area contributed by atoms with Gasteiger partial charge in [-0.2, -0.15) is 8.42 Å². The van der Waals surface area contributed by atoms with Crippen LogP contribution in [0.5, 0.6) is 0 Å². The van der Waals surface area contributed by atoms with E-state index in [4.69, 9.17) is 15.4 Å². The predicted octanol–water partition coefficient (Wildman–Crippen LogP) is -1.23. The van der Waals surface area contributed by atoms with Crippen LogP contribution in [0.3, 0.4) is 0 Å². The molecule has 0 aliphatic rings. The fraction of sp³-hybridized carbons (Fsp3) is 1.00. The number of nitrogens with two attached hydrogens (primary N) is 1. The predicted molar refractivity (Wildman–Crippen MR) is 50.8 cm³/mol. The first-order valence-electron chi connectivity index (χ1n) is 3.88. The molecule has 82 valence electrons. The molecule has 0 aromatic heterocycles. The Morgan fingerprint density at radius 3 is 1.92 bits per heavy atom. The lowest BCUT2D eigenvalue weighted by atomic mass is 10.5. The van der Waals surface area contributed by atoms with Gasteiger partial charge < -0.3 is 16.2 Å². The van der Waals surface area contributed by atoms with Crippen LogP contribution < -0.4 is 11.1 Å². The van der Waals surface area contributed by atoms with Crippen molar-refractivity contribution < 1.29 is 18.1 Å². The zero-order valence-electron chi connectivity index (χ0n) is 7.90. The zero-order chi connectivity index (χ0) is 10.9. The zero-order valence-corrected chi connectivity index (χ0v) is 8.71.